The average Bonchev–Trinajstić information content (AvgIpc) is 2.73. The number of carbonyl (C=O) groups is 2. The van der Waals surface area contributed by atoms with Crippen molar-refractivity contribution in [1.82, 2.24) is 10.3 Å². The van der Waals surface area contributed by atoms with Crippen LogP contribution in [0.4, 0.5) is 4.79 Å². The molecule has 0 aliphatic heterocycles. The van der Waals surface area contributed by atoms with Crippen LogP contribution in [-0.2, 0) is 4.74 Å². The molecular formula is C16H27N3O4S. The van der Waals surface area contributed by atoms with Crippen LogP contribution in [-0.4, -0.2) is 33.1 Å². The van der Waals surface area contributed by atoms with Crippen molar-refractivity contribution in [3.63, 3.8) is 0 Å². The second-order valence-electron chi connectivity index (χ2n) is 7.44. The first kappa shape index (κ1) is 20.3. The van der Waals surface area contributed by atoms with E-state index in [4.69, 9.17) is 14.9 Å². The van der Waals surface area contributed by atoms with Gasteiger partial charge in [-0.05, 0) is 27.7 Å². The smallest absolute Gasteiger partial charge is 0.408 e. The molecule has 0 spiro atoms. The van der Waals surface area contributed by atoms with Gasteiger partial charge in [-0.2, -0.15) is 11.8 Å². The largest absolute Gasteiger partial charge is 0.444 e. The van der Waals surface area contributed by atoms with Crippen LogP contribution in [0.2, 0.25) is 0 Å². The minimum absolute atomic E-state index is 0.0119. The second-order valence-corrected chi connectivity index (χ2v) is 9.29. The van der Waals surface area contributed by atoms with Crippen molar-refractivity contribution >= 4 is 23.8 Å². The van der Waals surface area contributed by atoms with Crippen molar-refractivity contribution < 1.29 is 18.7 Å². The van der Waals surface area contributed by atoms with Gasteiger partial charge in [-0.25, -0.2) is 9.78 Å². The van der Waals surface area contributed by atoms with E-state index in [9.17, 15) is 9.59 Å². The molecule has 0 bridgehead atoms. The average molecular weight is 357 g/mol. The molecule has 24 heavy (non-hydrogen) atoms. The van der Waals surface area contributed by atoms with Crippen LogP contribution in [0.5, 0.6) is 0 Å². The number of carbonyl (C=O) groups excluding carboxylic acids is 2. The fourth-order valence-corrected chi connectivity index (χ4v) is 2.64. The summed E-state index contributed by atoms with van der Waals surface area (Å²) in [5, 5.41) is 2.75. The summed E-state index contributed by atoms with van der Waals surface area (Å²) < 4.78 is 10.8. The summed E-state index contributed by atoms with van der Waals surface area (Å²) in [6.45, 7) is 13.2. The number of amides is 2. The Kier molecular flexibility index (Phi) is 6.32. The molecule has 0 aliphatic carbocycles. The Morgan fingerprint density at radius 1 is 1.29 bits per heavy atom. The number of thioether (sulfide) groups is 1. The van der Waals surface area contributed by atoms with E-state index in [1.807, 2.05) is 0 Å². The number of nitrogens with one attached hydrogen (secondary N) is 1. The third-order valence-corrected chi connectivity index (χ3v) is 4.08. The lowest BCUT2D eigenvalue weighted by Crippen LogP contribution is -2.36. The van der Waals surface area contributed by atoms with E-state index < -0.39 is 23.6 Å². The summed E-state index contributed by atoms with van der Waals surface area (Å²) in [4.78, 5) is 27.6. The molecule has 0 saturated carbocycles. The zero-order valence-corrected chi connectivity index (χ0v) is 16.2. The van der Waals surface area contributed by atoms with Gasteiger partial charge in [0.15, 0.2) is 5.69 Å². The minimum atomic E-state index is -0.665. The van der Waals surface area contributed by atoms with Gasteiger partial charge in [-0.3, -0.25) is 4.79 Å². The number of alkyl carbamates (subject to hydrolysis) is 1. The van der Waals surface area contributed by atoms with Crippen LogP contribution in [0, 0.1) is 6.92 Å². The first-order chi connectivity index (χ1) is 10.8. The van der Waals surface area contributed by atoms with E-state index in [-0.39, 0.29) is 16.3 Å². The van der Waals surface area contributed by atoms with Gasteiger partial charge in [0.05, 0.1) is 0 Å². The Labute approximate surface area is 147 Å². The highest BCUT2D eigenvalue weighted by Crippen LogP contribution is 2.29. The van der Waals surface area contributed by atoms with Gasteiger partial charge in [0.2, 0.25) is 5.89 Å². The van der Waals surface area contributed by atoms with Crippen molar-refractivity contribution in [2.24, 2.45) is 5.73 Å². The zero-order chi connectivity index (χ0) is 18.7. The Hall–Kier alpha value is -1.70. The number of oxazole rings is 1. The van der Waals surface area contributed by atoms with Crippen molar-refractivity contribution in [3.05, 3.63) is 17.3 Å². The van der Waals surface area contributed by atoms with Crippen LogP contribution >= 0.6 is 11.8 Å². The molecule has 1 aromatic heterocycles. The highest BCUT2D eigenvalue weighted by molar-refractivity contribution is 8.00. The number of ether oxygens (including phenoxy) is 1. The van der Waals surface area contributed by atoms with Crippen molar-refractivity contribution in [3.8, 4) is 0 Å². The SMILES string of the molecule is Cc1oc([C@H](CSC(C)(C)C)NC(=O)OC(C)(C)C)nc1C(N)=O. The molecule has 1 aromatic rings. The molecule has 0 aliphatic rings. The summed E-state index contributed by atoms with van der Waals surface area (Å²) >= 11 is 1.63. The molecule has 1 atom stereocenters. The molecular weight excluding hydrogens is 330 g/mol. The summed E-state index contributed by atoms with van der Waals surface area (Å²) in [5.74, 6) is 0.418. The van der Waals surface area contributed by atoms with Crippen LogP contribution in [0.3, 0.4) is 0 Å². The van der Waals surface area contributed by atoms with Crippen molar-refractivity contribution in [2.45, 2.75) is 64.9 Å². The van der Waals surface area contributed by atoms with Crippen molar-refractivity contribution in [1.29, 1.82) is 0 Å². The van der Waals surface area contributed by atoms with E-state index in [0.29, 0.717) is 11.5 Å². The Balaban J connectivity index is 2.98. The number of primary amides is 1. The molecule has 0 aromatic carbocycles. The van der Waals surface area contributed by atoms with E-state index in [0.717, 1.165) is 0 Å². The first-order valence-electron chi connectivity index (χ1n) is 7.69. The van der Waals surface area contributed by atoms with E-state index >= 15 is 0 Å². The van der Waals surface area contributed by atoms with Crippen LogP contribution in [0.15, 0.2) is 4.42 Å². The molecule has 0 radical (unpaired) electrons. The van der Waals surface area contributed by atoms with Gasteiger partial charge < -0.3 is 20.2 Å². The Bertz CT molecular complexity index is 599. The van der Waals surface area contributed by atoms with Gasteiger partial charge in [-0.1, -0.05) is 20.8 Å². The third-order valence-electron chi connectivity index (χ3n) is 2.72. The highest BCUT2D eigenvalue weighted by Gasteiger charge is 2.27. The number of hydrogen-bond acceptors (Lipinski definition) is 6. The van der Waals surface area contributed by atoms with Crippen LogP contribution < -0.4 is 11.1 Å². The number of hydrogen-bond donors (Lipinski definition) is 2. The Morgan fingerprint density at radius 2 is 1.88 bits per heavy atom. The molecule has 8 heteroatoms. The van der Waals surface area contributed by atoms with Gasteiger partial charge >= 0.3 is 6.09 Å². The summed E-state index contributed by atoms with van der Waals surface area (Å²) in [7, 11) is 0. The van der Waals surface area contributed by atoms with Gasteiger partial charge in [0.25, 0.3) is 5.91 Å². The molecule has 1 rings (SSSR count). The predicted molar refractivity (Wildman–Crippen MR) is 94.1 cm³/mol. The maximum absolute atomic E-state index is 12.1. The minimum Gasteiger partial charge on any atom is -0.444 e. The number of rotatable bonds is 5. The fourth-order valence-electron chi connectivity index (χ4n) is 1.75. The van der Waals surface area contributed by atoms with Crippen molar-refractivity contribution in [2.75, 3.05) is 5.75 Å². The lowest BCUT2D eigenvalue weighted by atomic mass is 10.2. The number of aromatic nitrogens is 1. The summed E-state index contributed by atoms with van der Waals surface area (Å²) in [6, 6.07) is -0.532. The molecule has 2 amide bonds. The lowest BCUT2D eigenvalue weighted by Gasteiger charge is -2.24. The molecule has 0 fully saturated rings. The fraction of sp³-hybridized carbons (Fsp3) is 0.688. The third kappa shape index (κ3) is 6.82. The molecule has 0 unspecified atom stereocenters. The highest BCUT2D eigenvalue weighted by atomic mass is 32.2. The monoisotopic (exact) mass is 357 g/mol. The number of nitrogens with zero attached hydrogens (tertiary/aromatic N) is 1. The van der Waals surface area contributed by atoms with Gasteiger partial charge in [0.1, 0.15) is 17.4 Å². The topological polar surface area (TPSA) is 107 Å². The first-order valence-corrected chi connectivity index (χ1v) is 8.67. The maximum atomic E-state index is 12.1. The zero-order valence-electron chi connectivity index (χ0n) is 15.4. The van der Waals surface area contributed by atoms with E-state index in [1.165, 1.54) is 0 Å². The van der Waals surface area contributed by atoms with Crippen LogP contribution in [0.25, 0.3) is 0 Å². The number of nitrogens with two attached hydrogens (primary N) is 1. The van der Waals surface area contributed by atoms with Gasteiger partial charge in [-0.15, -0.1) is 0 Å². The molecule has 136 valence electrons. The van der Waals surface area contributed by atoms with E-state index in [2.05, 4.69) is 31.1 Å². The van der Waals surface area contributed by atoms with Gasteiger partial charge in [0, 0.05) is 10.5 Å². The summed E-state index contributed by atoms with van der Waals surface area (Å²) in [5.41, 5.74) is 4.73. The van der Waals surface area contributed by atoms with Crippen LogP contribution in [0.1, 0.15) is 69.7 Å². The molecule has 3 N–H and O–H groups in total. The molecule has 7 nitrogen and oxygen atoms in total. The lowest BCUT2D eigenvalue weighted by molar-refractivity contribution is 0.0501. The second kappa shape index (κ2) is 7.46. The maximum Gasteiger partial charge on any atom is 0.408 e. The number of aryl methyl sites for hydroxylation is 1. The normalized spacial score (nSPS) is 13.5. The summed E-state index contributed by atoms with van der Waals surface area (Å²) in [6.07, 6.45) is -0.571. The standard InChI is InChI=1S/C16H27N3O4S/c1-9-11(12(17)20)19-13(22-9)10(8-24-16(5,6)7)18-14(21)23-15(2,3)4/h10H,8H2,1-7H3,(H2,17,20)(H,18,21)/t10-/m0/s1. The quantitative estimate of drug-likeness (QED) is 0.838. The predicted octanol–water partition coefficient (Wildman–Crippen LogP) is 3.18. The Morgan fingerprint density at radius 3 is 2.29 bits per heavy atom. The van der Waals surface area contributed by atoms with E-state index in [1.54, 1.807) is 39.5 Å². The molecule has 1 heterocycles. The molecule has 0 saturated heterocycles.